The van der Waals surface area contributed by atoms with E-state index in [1.54, 1.807) is 24.3 Å². The number of nitrogens with two attached hydrogens (primary N) is 1. The van der Waals surface area contributed by atoms with E-state index < -0.39 is 5.91 Å². The maximum atomic E-state index is 11.2. The SMILES string of the molecule is NC(=O)c1ccc(OCCCCCn2cc(C=O)c3ccccc32)cc1. The molecule has 1 amide bonds. The number of benzene rings is 2. The number of rotatable bonds is 9. The molecule has 1 heterocycles. The van der Waals surface area contributed by atoms with E-state index in [4.69, 9.17) is 10.5 Å². The zero-order valence-corrected chi connectivity index (χ0v) is 14.6. The molecule has 0 saturated heterocycles. The molecule has 134 valence electrons. The maximum absolute atomic E-state index is 11.2. The fraction of sp³-hybridized carbons (Fsp3) is 0.238. The van der Waals surface area contributed by atoms with Gasteiger partial charge in [0.15, 0.2) is 6.29 Å². The minimum absolute atomic E-state index is 0.438. The molecule has 0 unspecified atom stereocenters. The summed E-state index contributed by atoms with van der Waals surface area (Å²) < 4.78 is 7.82. The molecule has 2 N–H and O–H groups in total. The topological polar surface area (TPSA) is 74.3 Å². The average molecular weight is 350 g/mol. The van der Waals surface area contributed by atoms with Gasteiger partial charge in [0.25, 0.3) is 0 Å². The van der Waals surface area contributed by atoms with E-state index >= 15 is 0 Å². The van der Waals surface area contributed by atoms with Crippen LogP contribution in [0.2, 0.25) is 0 Å². The van der Waals surface area contributed by atoms with Gasteiger partial charge >= 0.3 is 0 Å². The van der Waals surface area contributed by atoms with Crippen molar-refractivity contribution >= 4 is 23.1 Å². The predicted octanol–water partition coefficient (Wildman–Crippen LogP) is 3.80. The Morgan fingerprint density at radius 2 is 1.81 bits per heavy atom. The number of carbonyl (C=O) groups is 2. The van der Waals surface area contributed by atoms with Crippen molar-refractivity contribution in [3.05, 3.63) is 65.9 Å². The number of aromatic nitrogens is 1. The van der Waals surface area contributed by atoms with Crippen molar-refractivity contribution in [3.8, 4) is 5.75 Å². The van der Waals surface area contributed by atoms with Crippen LogP contribution in [0.5, 0.6) is 5.75 Å². The van der Waals surface area contributed by atoms with Crippen molar-refractivity contribution in [3.63, 3.8) is 0 Å². The molecule has 0 spiro atoms. The summed E-state index contributed by atoms with van der Waals surface area (Å²) in [6, 6.07) is 14.8. The van der Waals surface area contributed by atoms with E-state index in [2.05, 4.69) is 4.57 Å². The Morgan fingerprint density at radius 1 is 1.04 bits per heavy atom. The van der Waals surface area contributed by atoms with E-state index in [0.29, 0.717) is 12.2 Å². The molecular weight excluding hydrogens is 328 g/mol. The molecule has 0 fully saturated rings. The first-order chi connectivity index (χ1) is 12.7. The summed E-state index contributed by atoms with van der Waals surface area (Å²) in [6.07, 6.45) is 5.82. The average Bonchev–Trinajstić information content (AvgIpc) is 3.03. The number of para-hydroxylation sites is 1. The van der Waals surface area contributed by atoms with Crippen LogP contribution in [0.25, 0.3) is 10.9 Å². The molecule has 0 radical (unpaired) electrons. The number of hydrogen-bond acceptors (Lipinski definition) is 3. The van der Waals surface area contributed by atoms with Crippen LogP contribution in [0.3, 0.4) is 0 Å². The van der Waals surface area contributed by atoms with Crippen LogP contribution in [0, 0.1) is 0 Å². The number of aryl methyl sites for hydroxylation is 1. The Hall–Kier alpha value is -3.08. The normalized spacial score (nSPS) is 10.8. The summed E-state index contributed by atoms with van der Waals surface area (Å²) in [5, 5.41) is 1.00. The van der Waals surface area contributed by atoms with Gasteiger partial charge in [-0.25, -0.2) is 0 Å². The summed E-state index contributed by atoms with van der Waals surface area (Å²) in [5.41, 5.74) is 7.53. The van der Waals surface area contributed by atoms with Crippen molar-refractivity contribution in [2.45, 2.75) is 25.8 Å². The highest BCUT2D eigenvalue weighted by atomic mass is 16.5. The van der Waals surface area contributed by atoms with Gasteiger partial charge in [-0.15, -0.1) is 0 Å². The molecule has 0 atom stereocenters. The summed E-state index contributed by atoms with van der Waals surface area (Å²) in [6.45, 7) is 1.50. The number of hydrogen-bond donors (Lipinski definition) is 1. The number of carbonyl (C=O) groups excluding carboxylic acids is 2. The number of fused-ring (bicyclic) bond motifs is 1. The van der Waals surface area contributed by atoms with Crippen molar-refractivity contribution in [2.75, 3.05) is 6.61 Å². The van der Waals surface area contributed by atoms with E-state index in [0.717, 1.165) is 54.3 Å². The first-order valence-corrected chi connectivity index (χ1v) is 8.75. The second kappa shape index (κ2) is 8.34. The third kappa shape index (κ3) is 4.11. The van der Waals surface area contributed by atoms with Crippen LogP contribution < -0.4 is 10.5 Å². The lowest BCUT2D eigenvalue weighted by Gasteiger charge is -2.08. The first kappa shape index (κ1) is 17.7. The summed E-state index contributed by atoms with van der Waals surface area (Å²) >= 11 is 0. The van der Waals surface area contributed by atoms with Gasteiger partial charge in [0, 0.05) is 34.8 Å². The molecule has 0 aliphatic carbocycles. The number of aldehydes is 1. The minimum Gasteiger partial charge on any atom is -0.494 e. The zero-order valence-electron chi connectivity index (χ0n) is 14.6. The number of nitrogens with zero attached hydrogens (tertiary/aromatic N) is 1. The zero-order chi connectivity index (χ0) is 18.4. The molecule has 3 rings (SSSR count). The van der Waals surface area contributed by atoms with Crippen LogP contribution in [0.1, 0.15) is 40.0 Å². The fourth-order valence-corrected chi connectivity index (χ4v) is 3.02. The summed E-state index contributed by atoms with van der Waals surface area (Å²) in [7, 11) is 0. The van der Waals surface area contributed by atoms with Gasteiger partial charge in [-0.05, 0) is 49.6 Å². The molecule has 0 aliphatic heterocycles. The molecule has 2 aromatic carbocycles. The Balaban J connectivity index is 1.43. The number of ether oxygens (including phenoxy) is 1. The molecule has 5 nitrogen and oxygen atoms in total. The van der Waals surface area contributed by atoms with Crippen LogP contribution in [0.15, 0.2) is 54.7 Å². The lowest BCUT2D eigenvalue weighted by molar-refractivity contribution is 0.0999. The Labute approximate surface area is 152 Å². The molecule has 0 bridgehead atoms. The Bertz CT molecular complexity index is 897. The molecule has 5 heteroatoms. The van der Waals surface area contributed by atoms with Crippen molar-refractivity contribution < 1.29 is 14.3 Å². The van der Waals surface area contributed by atoms with E-state index in [-0.39, 0.29) is 0 Å². The van der Waals surface area contributed by atoms with Crippen molar-refractivity contribution in [1.82, 2.24) is 4.57 Å². The molecule has 0 saturated carbocycles. The molecular formula is C21H22N2O3. The van der Waals surface area contributed by atoms with Crippen LogP contribution in [-0.4, -0.2) is 23.4 Å². The lowest BCUT2D eigenvalue weighted by atomic mass is 10.2. The van der Waals surface area contributed by atoms with Crippen molar-refractivity contribution in [2.24, 2.45) is 5.73 Å². The van der Waals surface area contributed by atoms with Crippen LogP contribution >= 0.6 is 0 Å². The fourth-order valence-electron chi connectivity index (χ4n) is 3.02. The number of primary amides is 1. The van der Waals surface area contributed by atoms with Crippen LogP contribution in [-0.2, 0) is 6.54 Å². The van der Waals surface area contributed by atoms with Gasteiger partial charge in [0.1, 0.15) is 5.75 Å². The third-order valence-corrected chi connectivity index (χ3v) is 4.40. The molecule has 1 aromatic heterocycles. The van der Waals surface area contributed by atoms with Gasteiger partial charge in [-0.3, -0.25) is 9.59 Å². The largest absolute Gasteiger partial charge is 0.494 e. The van der Waals surface area contributed by atoms with E-state index in [1.165, 1.54) is 0 Å². The standard InChI is InChI=1S/C21H22N2O3/c22-21(25)16-8-10-18(11-9-16)26-13-5-1-4-12-23-14-17(15-24)19-6-2-3-7-20(19)23/h2-3,6-11,14-15H,1,4-5,12-13H2,(H2,22,25). The Morgan fingerprint density at radius 3 is 2.54 bits per heavy atom. The number of unbranched alkanes of at least 4 members (excludes halogenated alkanes) is 2. The summed E-state index contributed by atoms with van der Waals surface area (Å²) in [4.78, 5) is 22.2. The second-order valence-corrected chi connectivity index (χ2v) is 6.21. The summed E-state index contributed by atoms with van der Waals surface area (Å²) in [5.74, 6) is 0.300. The smallest absolute Gasteiger partial charge is 0.248 e. The minimum atomic E-state index is -0.438. The predicted molar refractivity (Wildman–Crippen MR) is 102 cm³/mol. The first-order valence-electron chi connectivity index (χ1n) is 8.75. The third-order valence-electron chi connectivity index (χ3n) is 4.40. The van der Waals surface area contributed by atoms with Gasteiger partial charge in [0.2, 0.25) is 5.91 Å². The Kier molecular flexibility index (Phi) is 5.69. The highest BCUT2D eigenvalue weighted by molar-refractivity contribution is 5.97. The molecule has 3 aromatic rings. The van der Waals surface area contributed by atoms with Crippen LogP contribution in [0.4, 0.5) is 0 Å². The highest BCUT2D eigenvalue weighted by Gasteiger charge is 2.06. The quantitative estimate of drug-likeness (QED) is 0.471. The van der Waals surface area contributed by atoms with Gasteiger partial charge in [-0.1, -0.05) is 18.2 Å². The van der Waals surface area contributed by atoms with Crippen molar-refractivity contribution in [1.29, 1.82) is 0 Å². The molecule has 26 heavy (non-hydrogen) atoms. The highest BCUT2D eigenvalue weighted by Crippen LogP contribution is 2.20. The van der Waals surface area contributed by atoms with Gasteiger partial charge in [-0.2, -0.15) is 0 Å². The van der Waals surface area contributed by atoms with Gasteiger partial charge in [0.05, 0.1) is 6.61 Å². The number of amides is 1. The molecule has 0 aliphatic rings. The monoisotopic (exact) mass is 350 g/mol. The maximum Gasteiger partial charge on any atom is 0.248 e. The van der Waals surface area contributed by atoms with E-state index in [1.807, 2.05) is 30.5 Å². The van der Waals surface area contributed by atoms with Gasteiger partial charge < -0.3 is 15.0 Å². The lowest BCUT2D eigenvalue weighted by Crippen LogP contribution is -2.10. The second-order valence-electron chi connectivity index (χ2n) is 6.21. The van der Waals surface area contributed by atoms with E-state index in [9.17, 15) is 9.59 Å².